The molecule has 0 saturated heterocycles. The minimum Gasteiger partial charge on any atom is -0.389 e. The molecule has 0 spiro atoms. The third-order valence-corrected chi connectivity index (χ3v) is 3.64. The Labute approximate surface area is 128 Å². The maximum absolute atomic E-state index is 5.82. The van der Waals surface area contributed by atoms with Crippen molar-refractivity contribution in [1.29, 1.82) is 0 Å². The lowest BCUT2D eigenvalue weighted by Crippen LogP contribution is -2.18. The van der Waals surface area contributed by atoms with Crippen molar-refractivity contribution in [2.24, 2.45) is 5.73 Å². The first-order valence-electron chi connectivity index (χ1n) is 6.51. The second-order valence-corrected chi connectivity index (χ2v) is 5.13. The summed E-state index contributed by atoms with van der Waals surface area (Å²) in [6.07, 6.45) is 1.75. The van der Waals surface area contributed by atoms with Crippen molar-refractivity contribution < 1.29 is 0 Å². The summed E-state index contributed by atoms with van der Waals surface area (Å²) in [4.78, 5) is 2.41. The number of aromatic nitrogens is 2. The van der Waals surface area contributed by atoms with Crippen molar-refractivity contribution in [3.05, 3.63) is 60.3 Å². The summed E-state index contributed by atoms with van der Waals surface area (Å²) in [6, 6.07) is 15.7. The summed E-state index contributed by atoms with van der Waals surface area (Å²) < 4.78 is 0. The number of rotatable bonds is 3. The number of para-hydroxylation sites is 1. The minimum absolute atomic E-state index is 0.378. The van der Waals surface area contributed by atoms with Crippen LogP contribution in [0, 0.1) is 0 Å². The minimum atomic E-state index is 0.378. The highest BCUT2D eigenvalue weighted by atomic mass is 32.1. The molecule has 0 radical (unpaired) electrons. The van der Waals surface area contributed by atoms with Crippen molar-refractivity contribution in [3.8, 4) is 0 Å². The van der Waals surface area contributed by atoms with Gasteiger partial charge in [-0.2, -0.15) is 10.2 Å². The van der Waals surface area contributed by atoms with Crippen molar-refractivity contribution in [3.63, 3.8) is 0 Å². The van der Waals surface area contributed by atoms with Gasteiger partial charge in [-0.1, -0.05) is 42.5 Å². The second kappa shape index (κ2) is 5.46. The summed E-state index contributed by atoms with van der Waals surface area (Å²) >= 11 is 5.14. The third kappa shape index (κ3) is 2.43. The number of anilines is 2. The Hall–Kier alpha value is -2.53. The lowest BCUT2D eigenvalue weighted by Gasteiger charge is -2.23. The van der Waals surface area contributed by atoms with Crippen LogP contribution in [0.3, 0.4) is 0 Å². The normalized spacial score (nSPS) is 10.5. The van der Waals surface area contributed by atoms with E-state index in [0.29, 0.717) is 4.99 Å². The fourth-order valence-electron chi connectivity index (χ4n) is 2.36. The van der Waals surface area contributed by atoms with Crippen molar-refractivity contribution in [2.45, 2.75) is 0 Å². The number of hydrogen-bond acceptors (Lipinski definition) is 4. The zero-order valence-corrected chi connectivity index (χ0v) is 12.3. The molecule has 3 aromatic rings. The van der Waals surface area contributed by atoms with Crippen molar-refractivity contribution in [1.82, 2.24) is 10.2 Å². The van der Waals surface area contributed by atoms with Crippen LogP contribution < -0.4 is 10.6 Å². The number of thiocarbonyl (C=S) groups is 1. The smallest absolute Gasteiger partial charge is 0.106 e. The van der Waals surface area contributed by atoms with E-state index in [9.17, 15) is 0 Å². The molecule has 2 aromatic carbocycles. The van der Waals surface area contributed by atoms with E-state index in [1.54, 1.807) is 6.20 Å². The van der Waals surface area contributed by atoms with E-state index >= 15 is 0 Å². The van der Waals surface area contributed by atoms with Gasteiger partial charge in [0.25, 0.3) is 0 Å². The van der Waals surface area contributed by atoms with E-state index in [-0.39, 0.29) is 0 Å². The van der Waals surface area contributed by atoms with Gasteiger partial charge in [0.1, 0.15) is 4.99 Å². The van der Waals surface area contributed by atoms with E-state index in [1.807, 2.05) is 60.5 Å². The van der Waals surface area contributed by atoms with Gasteiger partial charge in [0.05, 0.1) is 23.1 Å². The molecule has 1 aromatic heterocycles. The van der Waals surface area contributed by atoms with E-state index in [4.69, 9.17) is 18.0 Å². The monoisotopic (exact) mass is 294 g/mol. The van der Waals surface area contributed by atoms with Crippen molar-refractivity contribution >= 4 is 39.5 Å². The highest BCUT2D eigenvalue weighted by molar-refractivity contribution is 7.80. The molecule has 0 amide bonds. The summed E-state index contributed by atoms with van der Waals surface area (Å²) in [7, 11) is 1.97. The Morgan fingerprint density at radius 1 is 1.05 bits per heavy atom. The zero-order chi connectivity index (χ0) is 14.8. The average molecular weight is 294 g/mol. The van der Waals surface area contributed by atoms with Crippen LogP contribution in [0.2, 0.25) is 0 Å². The topological polar surface area (TPSA) is 55.0 Å². The molecule has 0 atom stereocenters. The molecule has 21 heavy (non-hydrogen) atoms. The highest BCUT2D eigenvalue weighted by Gasteiger charge is 2.13. The highest BCUT2D eigenvalue weighted by Crippen LogP contribution is 2.31. The molecule has 0 aliphatic heterocycles. The molecule has 1 heterocycles. The Balaban J connectivity index is 2.18. The second-order valence-electron chi connectivity index (χ2n) is 4.69. The fourth-order valence-corrected chi connectivity index (χ4v) is 2.54. The molecule has 5 heteroatoms. The zero-order valence-electron chi connectivity index (χ0n) is 11.5. The molecule has 0 saturated carbocycles. The van der Waals surface area contributed by atoms with Crippen LogP contribution in [0.15, 0.2) is 54.7 Å². The van der Waals surface area contributed by atoms with Crippen LogP contribution in [-0.2, 0) is 0 Å². The van der Waals surface area contributed by atoms with Crippen LogP contribution in [0.5, 0.6) is 0 Å². The quantitative estimate of drug-likeness (QED) is 0.752. The van der Waals surface area contributed by atoms with Crippen LogP contribution in [0.25, 0.3) is 10.9 Å². The van der Waals surface area contributed by atoms with Crippen LogP contribution >= 0.6 is 12.2 Å². The Morgan fingerprint density at radius 2 is 1.76 bits per heavy atom. The molecule has 0 bridgehead atoms. The van der Waals surface area contributed by atoms with Gasteiger partial charge in [-0.25, -0.2) is 0 Å². The first-order chi connectivity index (χ1) is 10.2. The molecule has 0 aliphatic carbocycles. The Kier molecular flexibility index (Phi) is 3.50. The number of hydrogen-bond donors (Lipinski definition) is 1. The van der Waals surface area contributed by atoms with Crippen LogP contribution in [0.1, 0.15) is 5.56 Å². The maximum Gasteiger partial charge on any atom is 0.106 e. The number of fused-ring (bicyclic) bond motifs is 1. The SMILES string of the molecule is CN(c1ccccc1C(N)=S)c1cnnc2ccccc12. The Morgan fingerprint density at radius 3 is 2.57 bits per heavy atom. The van der Waals surface area contributed by atoms with E-state index in [0.717, 1.165) is 27.8 Å². The molecule has 3 rings (SSSR count). The molecule has 4 nitrogen and oxygen atoms in total. The molecular weight excluding hydrogens is 280 g/mol. The van der Waals surface area contributed by atoms with Crippen LogP contribution in [-0.4, -0.2) is 22.2 Å². The molecular formula is C16H14N4S. The van der Waals surface area contributed by atoms with E-state index in [1.165, 1.54) is 0 Å². The first-order valence-corrected chi connectivity index (χ1v) is 6.92. The van der Waals surface area contributed by atoms with Gasteiger partial charge in [-0.05, 0) is 18.2 Å². The predicted molar refractivity (Wildman–Crippen MR) is 89.9 cm³/mol. The number of nitrogens with zero attached hydrogens (tertiary/aromatic N) is 3. The molecule has 104 valence electrons. The summed E-state index contributed by atoms with van der Waals surface area (Å²) in [5, 5.41) is 9.26. The van der Waals surface area contributed by atoms with E-state index < -0.39 is 0 Å². The summed E-state index contributed by atoms with van der Waals surface area (Å²) in [6.45, 7) is 0. The molecule has 0 fully saturated rings. The van der Waals surface area contributed by atoms with Gasteiger partial charge in [0, 0.05) is 18.0 Å². The summed E-state index contributed by atoms with van der Waals surface area (Å²) in [5.74, 6) is 0. The first kappa shape index (κ1) is 13.5. The van der Waals surface area contributed by atoms with Gasteiger partial charge in [-0.3, -0.25) is 0 Å². The molecule has 0 unspecified atom stereocenters. The lowest BCUT2D eigenvalue weighted by molar-refractivity contribution is 1.06. The number of benzene rings is 2. The standard InChI is InChI=1S/C16H14N4S/c1-20(14-9-5-3-7-12(14)16(17)21)15-10-18-19-13-8-4-2-6-11(13)15/h2-10H,1H3,(H2,17,21). The van der Waals surface area contributed by atoms with Gasteiger partial charge in [0.2, 0.25) is 0 Å². The summed E-state index contributed by atoms with van der Waals surface area (Å²) in [5.41, 5.74) is 9.43. The maximum atomic E-state index is 5.82. The largest absolute Gasteiger partial charge is 0.389 e. The van der Waals surface area contributed by atoms with E-state index in [2.05, 4.69) is 10.2 Å². The van der Waals surface area contributed by atoms with Gasteiger partial charge in [-0.15, -0.1) is 0 Å². The van der Waals surface area contributed by atoms with Gasteiger partial charge >= 0.3 is 0 Å². The van der Waals surface area contributed by atoms with Gasteiger partial charge < -0.3 is 10.6 Å². The molecule has 0 aliphatic rings. The third-order valence-electron chi connectivity index (χ3n) is 3.42. The average Bonchev–Trinajstić information content (AvgIpc) is 2.53. The molecule has 2 N–H and O–H groups in total. The lowest BCUT2D eigenvalue weighted by atomic mass is 10.1. The predicted octanol–water partition coefficient (Wildman–Crippen LogP) is 3.03. The van der Waals surface area contributed by atoms with Gasteiger partial charge in [0.15, 0.2) is 0 Å². The van der Waals surface area contributed by atoms with Crippen LogP contribution in [0.4, 0.5) is 11.4 Å². The Bertz CT molecular complexity index is 811. The fraction of sp³-hybridized carbons (Fsp3) is 0.0625. The van der Waals surface area contributed by atoms with Crippen molar-refractivity contribution in [2.75, 3.05) is 11.9 Å². The number of nitrogens with two attached hydrogens (primary N) is 1.